The molecule has 56 heavy (non-hydrogen) atoms. The number of hydrogen-bond donors (Lipinski definition) is 1. The lowest BCUT2D eigenvalue weighted by molar-refractivity contribution is -0.870. The van der Waals surface area contributed by atoms with E-state index < -0.39 is 13.9 Å². The molecule has 0 aromatic carbocycles. The van der Waals surface area contributed by atoms with Crippen LogP contribution in [0.4, 0.5) is 0 Å². The van der Waals surface area contributed by atoms with Crippen LogP contribution in [0.5, 0.6) is 0 Å². The fourth-order valence-electron chi connectivity index (χ4n) is 7.14. The fraction of sp³-hybridized carbons (Fsp3) is 0.979. The summed E-state index contributed by atoms with van der Waals surface area (Å²) in [6.45, 7) is 5.69. The smallest absolute Gasteiger partial charge is 0.457 e. The molecule has 0 aliphatic heterocycles. The molecule has 2 atom stereocenters. The topological polar surface area (TPSA) is 91.3 Å². The number of phosphoric ester groups is 1. The minimum Gasteiger partial charge on any atom is -0.457 e. The van der Waals surface area contributed by atoms with E-state index in [1.807, 2.05) is 21.1 Å². The van der Waals surface area contributed by atoms with E-state index in [4.69, 9.17) is 18.5 Å². The van der Waals surface area contributed by atoms with Crippen LogP contribution in [0.1, 0.15) is 239 Å². The summed E-state index contributed by atoms with van der Waals surface area (Å²) in [5.41, 5.74) is 0. The van der Waals surface area contributed by atoms with Crippen LogP contribution in [0.3, 0.4) is 0 Å². The molecule has 1 unspecified atom stereocenters. The maximum atomic E-state index is 12.7. The normalized spacial score (nSPS) is 13.6. The molecule has 0 aliphatic carbocycles. The molecule has 0 saturated carbocycles. The molecule has 0 bridgehead atoms. The first-order valence-corrected chi connectivity index (χ1v) is 25.8. The Kier molecular flexibility index (Phi) is 40.9. The zero-order valence-electron chi connectivity index (χ0n) is 38.2. The second kappa shape index (κ2) is 41.2. The third-order valence-electron chi connectivity index (χ3n) is 10.9. The Hall–Kier alpha value is -0.500. The number of unbranched alkanes of at least 4 members (excludes halogenated alkanes) is 32. The Morgan fingerprint density at radius 2 is 0.821 bits per heavy atom. The molecule has 0 spiro atoms. The van der Waals surface area contributed by atoms with Crippen LogP contribution in [0.2, 0.25) is 0 Å². The van der Waals surface area contributed by atoms with Crippen molar-refractivity contribution in [3.05, 3.63) is 0 Å². The van der Waals surface area contributed by atoms with Crippen molar-refractivity contribution in [2.75, 3.05) is 54.1 Å². The highest BCUT2D eigenvalue weighted by Gasteiger charge is 2.26. The number of likely N-dealkylation sites (N-methyl/N-ethyl adjacent to an activating group) is 1. The number of phosphoric acid groups is 1. The number of quaternary nitrogens is 1. The number of esters is 1. The van der Waals surface area contributed by atoms with Gasteiger partial charge >= 0.3 is 13.8 Å². The Morgan fingerprint density at radius 1 is 0.482 bits per heavy atom. The van der Waals surface area contributed by atoms with Crippen molar-refractivity contribution in [3.63, 3.8) is 0 Å². The van der Waals surface area contributed by atoms with Gasteiger partial charge in [-0.1, -0.05) is 219 Å². The Labute approximate surface area is 348 Å². The van der Waals surface area contributed by atoms with E-state index in [9.17, 15) is 14.3 Å². The van der Waals surface area contributed by atoms with E-state index in [0.29, 0.717) is 24.1 Å². The summed E-state index contributed by atoms with van der Waals surface area (Å²) in [6, 6.07) is 0. The predicted molar refractivity (Wildman–Crippen MR) is 238 cm³/mol. The van der Waals surface area contributed by atoms with Crippen molar-refractivity contribution in [2.45, 2.75) is 245 Å². The first-order valence-electron chi connectivity index (χ1n) is 24.3. The monoisotopic (exact) mass is 819 g/mol. The van der Waals surface area contributed by atoms with Gasteiger partial charge in [0.2, 0.25) is 0 Å². The molecule has 0 saturated heterocycles. The SMILES string of the molecule is CCCCCCCCCCCCCCCCCCCCCCOC[C@H](COP(=O)(O)OCC[N+](C)(C)C)OC(=O)CCCCCCCCCCCCCCCC. The molecule has 1 N–H and O–H groups in total. The Balaban J connectivity index is 4.09. The molecule has 8 nitrogen and oxygen atoms in total. The highest BCUT2D eigenvalue weighted by molar-refractivity contribution is 7.47. The lowest BCUT2D eigenvalue weighted by Crippen LogP contribution is -2.37. The molecule has 336 valence electrons. The van der Waals surface area contributed by atoms with Gasteiger partial charge in [0.05, 0.1) is 34.4 Å². The quantitative estimate of drug-likeness (QED) is 0.0283. The van der Waals surface area contributed by atoms with Crippen molar-refractivity contribution in [1.29, 1.82) is 0 Å². The molecule has 0 heterocycles. The number of carbonyl (C=O) groups excluding carboxylic acids is 1. The van der Waals surface area contributed by atoms with Crippen LogP contribution in [-0.4, -0.2) is 75.6 Å². The number of carbonyl (C=O) groups is 1. The van der Waals surface area contributed by atoms with Gasteiger partial charge in [-0.25, -0.2) is 4.57 Å². The number of nitrogens with zero attached hydrogens (tertiary/aromatic N) is 1. The molecular formula is C47H97NO7P+. The van der Waals surface area contributed by atoms with Crippen LogP contribution < -0.4 is 0 Å². The number of hydrogen-bond acceptors (Lipinski definition) is 6. The van der Waals surface area contributed by atoms with Crippen LogP contribution in [-0.2, 0) is 27.9 Å². The fourth-order valence-corrected chi connectivity index (χ4v) is 7.89. The lowest BCUT2D eigenvalue weighted by atomic mass is 10.0. The standard InChI is InChI=1S/C47H96NO7P/c1-6-8-10-12-14-16-18-20-22-23-24-25-26-27-29-31-33-35-37-39-42-52-44-46(45-54-56(50,51)53-43-41-48(3,4)5)55-47(49)40-38-36-34-32-30-28-21-19-17-15-13-11-9-7-2/h46H,6-45H2,1-5H3/p+1/t46-/m1/s1. The zero-order valence-corrected chi connectivity index (χ0v) is 39.0. The molecule has 0 aromatic rings. The average molecular weight is 819 g/mol. The van der Waals surface area contributed by atoms with E-state index in [0.717, 1.165) is 32.1 Å². The Morgan fingerprint density at radius 3 is 1.18 bits per heavy atom. The molecule has 0 aromatic heterocycles. The summed E-state index contributed by atoms with van der Waals surface area (Å²) >= 11 is 0. The van der Waals surface area contributed by atoms with E-state index >= 15 is 0 Å². The van der Waals surface area contributed by atoms with E-state index in [-0.39, 0.29) is 25.8 Å². The summed E-state index contributed by atoms with van der Waals surface area (Å²) < 4.78 is 35.1. The molecule has 0 aliphatic rings. The molecule has 0 fully saturated rings. The molecule has 0 rings (SSSR count). The summed E-state index contributed by atoms with van der Waals surface area (Å²) in [6.07, 6.45) is 44.2. The highest BCUT2D eigenvalue weighted by atomic mass is 31.2. The first-order chi connectivity index (χ1) is 27.1. The molecule has 9 heteroatoms. The highest BCUT2D eigenvalue weighted by Crippen LogP contribution is 2.43. The second-order valence-electron chi connectivity index (χ2n) is 17.9. The maximum Gasteiger partial charge on any atom is 0.472 e. The van der Waals surface area contributed by atoms with Crippen LogP contribution in [0.15, 0.2) is 0 Å². The van der Waals surface area contributed by atoms with Gasteiger partial charge in [-0.3, -0.25) is 13.8 Å². The summed E-state index contributed by atoms with van der Waals surface area (Å²) in [4.78, 5) is 22.9. The van der Waals surface area contributed by atoms with Crippen LogP contribution in [0, 0.1) is 0 Å². The summed E-state index contributed by atoms with van der Waals surface area (Å²) in [5.74, 6) is -0.307. The van der Waals surface area contributed by atoms with E-state index in [1.165, 1.54) is 186 Å². The minimum atomic E-state index is -4.27. The predicted octanol–water partition coefficient (Wildman–Crippen LogP) is 14.4. The van der Waals surface area contributed by atoms with Crippen LogP contribution >= 0.6 is 7.82 Å². The number of ether oxygens (including phenoxy) is 2. The zero-order chi connectivity index (χ0) is 41.3. The van der Waals surface area contributed by atoms with Gasteiger partial charge in [-0.05, 0) is 12.8 Å². The third kappa shape index (κ3) is 44.6. The lowest BCUT2D eigenvalue weighted by Gasteiger charge is -2.24. The summed E-state index contributed by atoms with van der Waals surface area (Å²) in [5, 5.41) is 0. The Bertz CT molecular complexity index is 868. The van der Waals surface area contributed by atoms with Crippen LogP contribution in [0.25, 0.3) is 0 Å². The molecule has 0 amide bonds. The average Bonchev–Trinajstić information content (AvgIpc) is 3.15. The van der Waals surface area contributed by atoms with Gasteiger partial charge in [0.15, 0.2) is 0 Å². The summed E-state index contributed by atoms with van der Waals surface area (Å²) in [7, 11) is 1.69. The van der Waals surface area contributed by atoms with Crippen molar-refractivity contribution < 1.29 is 37.3 Å². The second-order valence-corrected chi connectivity index (χ2v) is 19.3. The van der Waals surface area contributed by atoms with Gasteiger partial charge in [0, 0.05) is 13.0 Å². The third-order valence-corrected chi connectivity index (χ3v) is 11.9. The van der Waals surface area contributed by atoms with E-state index in [1.54, 1.807) is 0 Å². The first kappa shape index (κ1) is 55.5. The number of rotatable bonds is 46. The van der Waals surface area contributed by atoms with Gasteiger partial charge in [-0.2, -0.15) is 0 Å². The van der Waals surface area contributed by atoms with Crippen molar-refractivity contribution in [1.82, 2.24) is 0 Å². The van der Waals surface area contributed by atoms with Gasteiger partial charge in [-0.15, -0.1) is 0 Å². The van der Waals surface area contributed by atoms with Gasteiger partial charge in [0.1, 0.15) is 19.3 Å². The van der Waals surface area contributed by atoms with Gasteiger partial charge in [0.25, 0.3) is 0 Å². The molecular weight excluding hydrogens is 721 g/mol. The van der Waals surface area contributed by atoms with E-state index in [2.05, 4.69) is 13.8 Å². The minimum absolute atomic E-state index is 0.0940. The van der Waals surface area contributed by atoms with Gasteiger partial charge < -0.3 is 18.9 Å². The van der Waals surface area contributed by atoms with Crippen molar-refractivity contribution in [2.24, 2.45) is 0 Å². The molecule has 0 radical (unpaired) electrons. The van der Waals surface area contributed by atoms with Crippen molar-refractivity contribution in [3.8, 4) is 0 Å². The van der Waals surface area contributed by atoms with Crippen molar-refractivity contribution >= 4 is 13.8 Å². The largest absolute Gasteiger partial charge is 0.472 e. The maximum absolute atomic E-state index is 12.7.